The maximum Gasteiger partial charge on any atom is 0.307 e. The number of hydrogen-bond acceptors (Lipinski definition) is 3. The molecule has 0 aliphatic carbocycles. The van der Waals surface area contributed by atoms with Gasteiger partial charge in [0.15, 0.2) is 0 Å². The highest BCUT2D eigenvalue weighted by Gasteiger charge is 2.09. The van der Waals surface area contributed by atoms with Crippen molar-refractivity contribution in [3.05, 3.63) is 45.5 Å². The average molecular weight is 221 g/mol. The summed E-state index contributed by atoms with van der Waals surface area (Å²) in [5, 5.41) is 19.1. The van der Waals surface area contributed by atoms with Gasteiger partial charge in [0.2, 0.25) is 0 Å². The fourth-order valence-electron chi connectivity index (χ4n) is 1.22. The van der Waals surface area contributed by atoms with Crippen molar-refractivity contribution in [2.24, 2.45) is 0 Å². The van der Waals surface area contributed by atoms with Gasteiger partial charge >= 0.3 is 5.97 Å². The van der Waals surface area contributed by atoms with Gasteiger partial charge < -0.3 is 5.11 Å². The van der Waals surface area contributed by atoms with Crippen LogP contribution in [0.1, 0.15) is 17.5 Å². The van der Waals surface area contributed by atoms with E-state index >= 15 is 0 Å². The van der Waals surface area contributed by atoms with Gasteiger partial charge in [-0.15, -0.1) is 0 Å². The van der Waals surface area contributed by atoms with Crippen molar-refractivity contribution in [3.8, 4) is 0 Å². The Morgan fingerprint density at radius 1 is 1.56 bits per heavy atom. The molecule has 0 spiro atoms. The Bertz CT molecular complexity index is 451. The molecule has 1 aromatic carbocycles. The maximum absolute atomic E-state index is 10.6. The molecule has 1 N–H and O–H groups in total. The highest BCUT2D eigenvalue weighted by atomic mass is 16.6. The monoisotopic (exact) mass is 221 g/mol. The molecule has 0 aliphatic rings. The van der Waals surface area contributed by atoms with Gasteiger partial charge in [-0.25, -0.2) is 0 Å². The largest absolute Gasteiger partial charge is 0.481 e. The van der Waals surface area contributed by atoms with Crippen LogP contribution < -0.4 is 0 Å². The van der Waals surface area contributed by atoms with E-state index in [0.29, 0.717) is 11.1 Å². The van der Waals surface area contributed by atoms with Gasteiger partial charge in [0.05, 0.1) is 11.3 Å². The van der Waals surface area contributed by atoms with Gasteiger partial charge in [-0.1, -0.05) is 24.3 Å². The molecule has 0 amide bonds. The molecule has 16 heavy (non-hydrogen) atoms. The standard InChI is InChI=1S/C11H11NO4/c1-8-5-6-9(3-2-4-11(13)14)7-10(8)12(15)16/h2-3,5-7H,4H2,1H3,(H,13,14). The van der Waals surface area contributed by atoms with Crippen molar-refractivity contribution in [1.29, 1.82) is 0 Å². The molecule has 5 nitrogen and oxygen atoms in total. The summed E-state index contributed by atoms with van der Waals surface area (Å²) in [6.45, 7) is 1.66. The molecule has 5 heteroatoms. The molecular weight excluding hydrogens is 210 g/mol. The molecule has 1 aromatic rings. The van der Waals surface area contributed by atoms with E-state index in [0.717, 1.165) is 0 Å². The third-order valence-corrected chi connectivity index (χ3v) is 2.03. The quantitative estimate of drug-likeness (QED) is 0.625. The smallest absolute Gasteiger partial charge is 0.307 e. The van der Waals surface area contributed by atoms with Crippen LogP contribution in [0.3, 0.4) is 0 Å². The number of hydrogen-bond donors (Lipinski definition) is 1. The summed E-state index contributed by atoms with van der Waals surface area (Å²) >= 11 is 0. The second-order valence-electron chi connectivity index (χ2n) is 3.30. The van der Waals surface area contributed by atoms with Crippen LogP contribution in [0.15, 0.2) is 24.3 Å². The van der Waals surface area contributed by atoms with Crippen LogP contribution in [0, 0.1) is 17.0 Å². The first-order valence-corrected chi connectivity index (χ1v) is 4.64. The van der Waals surface area contributed by atoms with E-state index in [1.54, 1.807) is 25.1 Å². The van der Waals surface area contributed by atoms with Gasteiger partial charge in [0, 0.05) is 11.6 Å². The lowest BCUT2D eigenvalue weighted by atomic mass is 10.1. The molecule has 0 bridgehead atoms. The van der Waals surface area contributed by atoms with E-state index in [9.17, 15) is 14.9 Å². The molecule has 84 valence electrons. The Hall–Kier alpha value is -2.17. The Kier molecular flexibility index (Phi) is 3.77. The Labute approximate surface area is 92.2 Å². The van der Waals surface area contributed by atoms with Crippen LogP contribution in [-0.4, -0.2) is 16.0 Å². The Morgan fingerprint density at radius 3 is 2.81 bits per heavy atom. The fraction of sp³-hybridized carbons (Fsp3) is 0.182. The van der Waals surface area contributed by atoms with Crippen LogP contribution in [-0.2, 0) is 4.79 Å². The second-order valence-corrected chi connectivity index (χ2v) is 3.30. The lowest BCUT2D eigenvalue weighted by Gasteiger charge is -1.98. The molecule has 0 aliphatic heterocycles. The van der Waals surface area contributed by atoms with Gasteiger partial charge in [0.1, 0.15) is 0 Å². The predicted octanol–water partition coefficient (Wildman–Crippen LogP) is 2.39. The molecule has 0 saturated carbocycles. The number of rotatable bonds is 4. The first-order chi connectivity index (χ1) is 7.50. The minimum absolute atomic E-state index is 0.0393. The summed E-state index contributed by atoms with van der Waals surface area (Å²) < 4.78 is 0. The van der Waals surface area contributed by atoms with E-state index < -0.39 is 10.9 Å². The summed E-state index contributed by atoms with van der Waals surface area (Å²) in [5.74, 6) is -0.933. The number of benzene rings is 1. The molecule has 0 radical (unpaired) electrons. The first kappa shape index (κ1) is 11.9. The van der Waals surface area contributed by atoms with Crippen molar-refractivity contribution in [2.45, 2.75) is 13.3 Å². The highest BCUT2D eigenvalue weighted by molar-refractivity contribution is 5.70. The highest BCUT2D eigenvalue weighted by Crippen LogP contribution is 2.19. The van der Waals surface area contributed by atoms with E-state index in [4.69, 9.17) is 5.11 Å². The number of aryl methyl sites for hydroxylation is 1. The van der Waals surface area contributed by atoms with Crippen molar-refractivity contribution in [2.75, 3.05) is 0 Å². The van der Waals surface area contributed by atoms with E-state index in [1.807, 2.05) is 0 Å². The summed E-state index contributed by atoms with van der Waals surface area (Å²) in [6.07, 6.45) is 2.92. The molecule has 0 unspecified atom stereocenters. The number of nitro groups is 1. The molecule has 1 rings (SSSR count). The number of nitro benzene ring substituents is 1. The van der Waals surface area contributed by atoms with E-state index in [1.165, 1.54) is 12.1 Å². The molecule has 0 fully saturated rings. The predicted molar refractivity (Wildman–Crippen MR) is 59.1 cm³/mol. The van der Waals surface area contributed by atoms with Crippen LogP contribution in [0.4, 0.5) is 5.69 Å². The van der Waals surface area contributed by atoms with Crippen molar-refractivity contribution in [1.82, 2.24) is 0 Å². The minimum Gasteiger partial charge on any atom is -0.481 e. The van der Waals surface area contributed by atoms with Gasteiger partial charge in [0.25, 0.3) is 5.69 Å². The second kappa shape index (κ2) is 5.06. The third kappa shape index (κ3) is 3.20. The number of carbonyl (C=O) groups is 1. The summed E-state index contributed by atoms with van der Waals surface area (Å²) in [7, 11) is 0. The van der Waals surface area contributed by atoms with Crippen LogP contribution in [0.2, 0.25) is 0 Å². The number of nitrogens with zero attached hydrogens (tertiary/aromatic N) is 1. The third-order valence-electron chi connectivity index (χ3n) is 2.03. The van der Waals surface area contributed by atoms with Crippen molar-refractivity contribution in [3.63, 3.8) is 0 Å². The van der Waals surface area contributed by atoms with Crippen LogP contribution in [0.5, 0.6) is 0 Å². The Morgan fingerprint density at radius 2 is 2.25 bits per heavy atom. The van der Waals surface area contributed by atoms with Crippen molar-refractivity contribution < 1.29 is 14.8 Å². The zero-order valence-electron chi connectivity index (χ0n) is 8.71. The van der Waals surface area contributed by atoms with E-state index in [-0.39, 0.29) is 12.1 Å². The molecule has 0 saturated heterocycles. The van der Waals surface area contributed by atoms with Crippen LogP contribution in [0.25, 0.3) is 6.08 Å². The number of carboxylic acids is 1. The topological polar surface area (TPSA) is 80.4 Å². The van der Waals surface area contributed by atoms with Gasteiger partial charge in [-0.3, -0.25) is 14.9 Å². The normalized spacial score (nSPS) is 10.6. The average Bonchev–Trinajstić information content (AvgIpc) is 2.19. The zero-order valence-corrected chi connectivity index (χ0v) is 8.71. The van der Waals surface area contributed by atoms with E-state index in [2.05, 4.69) is 0 Å². The molecule has 0 aromatic heterocycles. The summed E-state index contributed by atoms with van der Waals surface area (Å²) in [5.41, 5.74) is 1.25. The number of carboxylic acid groups (broad SMARTS) is 1. The fourth-order valence-corrected chi connectivity index (χ4v) is 1.22. The molecule has 0 heterocycles. The first-order valence-electron chi connectivity index (χ1n) is 4.64. The van der Waals surface area contributed by atoms with Gasteiger partial charge in [-0.05, 0) is 12.5 Å². The van der Waals surface area contributed by atoms with Gasteiger partial charge in [-0.2, -0.15) is 0 Å². The number of aliphatic carboxylic acids is 1. The lowest BCUT2D eigenvalue weighted by molar-refractivity contribution is -0.385. The minimum atomic E-state index is -0.933. The lowest BCUT2D eigenvalue weighted by Crippen LogP contribution is -1.92. The zero-order chi connectivity index (χ0) is 12.1. The summed E-state index contributed by atoms with van der Waals surface area (Å²) in [4.78, 5) is 20.4. The summed E-state index contributed by atoms with van der Waals surface area (Å²) in [6, 6.07) is 4.77. The van der Waals surface area contributed by atoms with Crippen molar-refractivity contribution >= 4 is 17.7 Å². The maximum atomic E-state index is 10.6. The molecule has 0 atom stereocenters. The Balaban J connectivity index is 2.91. The SMILES string of the molecule is Cc1ccc(C=CCC(=O)O)cc1[N+](=O)[O-]. The molecular formula is C11H11NO4. The van der Waals surface area contributed by atoms with Crippen LogP contribution >= 0.6 is 0 Å².